The third-order valence-corrected chi connectivity index (χ3v) is 3.38. The molecule has 0 spiro atoms. The molecule has 0 aromatic heterocycles. The Balaban J connectivity index is 0. The molecule has 0 aromatic rings. The predicted molar refractivity (Wildman–Crippen MR) is 28.2 cm³/mol. The smallest absolute Gasteiger partial charge is 0.789 e. The number of hydrogen-bond donors (Lipinski definition) is 0. The van der Waals surface area contributed by atoms with Crippen LogP contribution in [-0.2, 0) is 22.5 Å². The molecular weight excluding hydrogens is 244 g/mol. The summed E-state index contributed by atoms with van der Waals surface area (Å²) in [5.41, 5.74) is 0. The average molecular weight is 248 g/mol. The molecule has 0 unspecified atom stereocenters. The molecule has 1 saturated heterocycles. The van der Waals surface area contributed by atoms with Gasteiger partial charge in [-0.1, -0.05) is 0 Å². The summed E-state index contributed by atoms with van der Waals surface area (Å²) in [5, 5.41) is 0. The van der Waals surface area contributed by atoms with Gasteiger partial charge in [0.2, 0.25) is 0 Å². The minimum absolute atomic E-state index is 0. The molecule has 0 saturated carbocycles. The molecule has 66 valence electrons. The maximum absolute atomic E-state index is 10.8. The second-order valence-electron chi connectivity index (χ2n) is 1.64. The molecule has 1 rings (SSSR count). The second-order valence-corrected chi connectivity index (χ2v) is 4.60. The Morgan fingerprint density at radius 3 is 1.92 bits per heavy atom. The summed E-state index contributed by atoms with van der Waals surface area (Å²) in [6.45, 7) is -0.0887. The van der Waals surface area contributed by atoms with E-state index in [0.717, 1.165) is 0 Å². The van der Waals surface area contributed by atoms with Crippen molar-refractivity contribution in [2.24, 2.45) is 0 Å². The molecule has 0 amide bonds. The number of rotatable bonds is 2. The van der Waals surface area contributed by atoms with Gasteiger partial charge in [0, 0.05) is 0 Å². The SMILES string of the molecule is O=P([O-])([O-])OP1(=O)OCCO1.[Na+].[Na+]. The van der Waals surface area contributed by atoms with Crippen molar-refractivity contribution in [2.45, 2.75) is 0 Å². The van der Waals surface area contributed by atoms with Crippen molar-refractivity contribution >= 4 is 15.6 Å². The van der Waals surface area contributed by atoms with Crippen molar-refractivity contribution in [3.8, 4) is 0 Å². The van der Waals surface area contributed by atoms with E-state index in [1.807, 2.05) is 0 Å². The summed E-state index contributed by atoms with van der Waals surface area (Å²) < 4.78 is 32.8. The van der Waals surface area contributed by atoms with Crippen molar-refractivity contribution < 1.29 is 91.4 Å². The van der Waals surface area contributed by atoms with Gasteiger partial charge in [0.25, 0.3) is 0 Å². The first kappa shape index (κ1) is 17.6. The number of phosphoric ester groups is 1. The van der Waals surface area contributed by atoms with E-state index in [0.29, 0.717) is 0 Å². The van der Waals surface area contributed by atoms with E-state index in [-0.39, 0.29) is 72.3 Å². The Kier molecular flexibility index (Phi) is 9.18. The zero-order valence-corrected chi connectivity index (χ0v) is 13.0. The zero-order chi connectivity index (χ0) is 8.54. The van der Waals surface area contributed by atoms with Crippen LogP contribution in [0.15, 0.2) is 0 Å². The molecule has 0 bridgehead atoms. The third kappa shape index (κ3) is 7.19. The van der Waals surface area contributed by atoms with Gasteiger partial charge in [-0.15, -0.1) is 0 Å². The molecular formula is C2H4Na2O7P2. The molecule has 1 fully saturated rings. The van der Waals surface area contributed by atoms with E-state index in [1.54, 1.807) is 0 Å². The quantitative estimate of drug-likeness (QED) is 0.353. The molecule has 13 heavy (non-hydrogen) atoms. The van der Waals surface area contributed by atoms with E-state index in [4.69, 9.17) is 0 Å². The van der Waals surface area contributed by atoms with Gasteiger partial charge in [-0.3, -0.25) is 13.4 Å². The van der Waals surface area contributed by atoms with Crippen LogP contribution >= 0.6 is 15.6 Å². The minimum atomic E-state index is -5.29. The molecule has 0 aromatic carbocycles. The van der Waals surface area contributed by atoms with Crippen molar-refractivity contribution in [3.05, 3.63) is 0 Å². The summed E-state index contributed by atoms with van der Waals surface area (Å²) in [4.78, 5) is 19.8. The van der Waals surface area contributed by atoms with E-state index >= 15 is 0 Å². The molecule has 0 N–H and O–H groups in total. The van der Waals surface area contributed by atoms with Crippen LogP contribution in [0.2, 0.25) is 0 Å². The fourth-order valence-corrected chi connectivity index (χ4v) is 2.53. The number of hydrogen-bond acceptors (Lipinski definition) is 7. The van der Waals surface area contributed by atoms with Gasteiger partial charge >= 0.3 is 66.9 Å². The first-order chi connectivity index (χ1) is 4.91. The molecule has 0 atom stereocenters. The van der Waals surface area contributed by atoms with Crippen LogP contribution in [0.4, 0.5) is 0 Å². The van der Waals surface area contributed by atoms with E-state index in [1.165, 1.54) is 0 Å². The van der Waals surface area contributed by atoms with E-state index < -0.39 is 15.6 Å². The van der Waals surface area contributed by atoms with Gasteiger partial charge in [0.15, 0.2) is 0 Å². The Labute approximate surface area is 119 Å². The normalized spacial score (nSPS) is 20.2. The standard InChI is InChI=1S/C2H6O7P2.2Na/c3-10(4,5)9-11(6)7-1-2-8-11;;/h1-2H2,(H2,3,4,5);;/q;2*+1/p-2. The van der Waals surface area contributed by atoms with Gasteiger partial charge in [-0.25, -0.2) is 4.57 Å². The van der Waals surface area contributed by atoms with Crippen molar-refractivity contribution in [2.75, 3.05) is 13.2 Å². The summed E-state index contributed by atoms with van der Waals surface area (Å²) in [6.07, 6.45) is 0. The van der Waals surface area contributed by atoms with Gasteiger partial charge in [-0.2, -0.15) is 0 Å². The predicted octanol–water partition coefficient (Wildman–Crippen LogP) is -7.01. The first-order valence-electron chi connectivity index (χ1n) is 2.54. The minimum Gasteiger partial charge on any atom is -0.789 e. The summed E-state index contributed by atoms with van der Waals surface area (Å²) in [7, 11) is -9.37. The van der Waals surface area contributed by atoms with Gasteiger partial charge in [-0.05, 0) is 0 Å². The van der Waals surface area contributed by atoms with Crippen LogP contribution in [0.1, 0.15) is 0 Å². The second kappa shape index (κ2) is 6.76. The van der Waals surface area contributed by atoms with Gasteiger partial charge in [0.1, 0.15) is 0 Å². The third-order valence-electron chi connectivity index (χ3n) is 0.782. The Morgan fingerprint density at radius 2 is 1.62 bits per heavy atom. The van der Waals surface area contributed by atoms with Crippen LogP contribution < -0.4 is 68.9 Å². The first-order valence-corrected chi connectivity index (χ1v) is 5.46. The van der Waals surface area contributed by atoms with E-state index in [9.17, 15) is 18.9 Å². The maximum Gasteiger partial charge on any atom is 1.00 e. The Morgan fingerprint density at radius 1 is 1.23 bits per heavy atom. The van der Waals surface area contributed by atoms with Crippen LogP contribution in [0.5, 0.6) is 0 Å². The zero-order valence-electron chi connectivity index (χ0n) is 7.17. The van der Waals surface area contributed by atoms with Crippen LogP contribution in [0.3, 0.4) is 0 Å². The summed E-state index contributed by atoms with van der Waals surface area (Å²) in [6, 6.07) is 0. The molecule has 7 nitrogen and oxygen atoms in total. The van der Waals surface area contributed by atoms with Crippen LogP contribution in [0.25, 0.3) is 0 Å². The van der Waals surface area contributed by atoms with Gasteiger partial charge < -0.3 is 14.4 Å². The molecule has 1 aliphatic heterocycles. The topological polar surface area (TPSA) is 108 Å². The summed E-state index contributed by atoms with van der Waals surface area (Å²) >= 11 is 0. The van der Waals surface area contributed by atoms with E-state index in [2.05, 4.69) is 13.4 Å². The summed E-state index contributed by atoms with van der Waals surface area (Å²) in [5.74, 6) is 0. The molecule has 0 radical (unpaired) electrons. The largest absolute Gasteiger partial charge is 1.00 e. The molecule has 1 aliphatic rings. The monoisotopic (exact) mass is 248 g/mol. The molecule has 1 heterocycles. The Bertz CT molecular complexity index is 227. The van der Waals surface area contributed by atoms with Crippen molar-refractivity contribution in [1.82, 2.24) is 0 Å². The van der Waals surface area contributed by atoms with Crippen molar-refractivity contribution in [1.29, 1.82) is 0 Å². The van der Waals surface area contributed by atoms with Crippen LogP contribution in [-0.4, -0.2) is 13.2 Å². The average Bonchev–Trinajstić information content (AvgIpc) is 2.09. The number of phosphoric acid groups is 2. The Hall–Kier alpha value is 2.26. The molecule has 0 aliphatic carbocycles. The maximum atomic E-state index is 10.8. The van der Waals surface area contributed by atoms with Crippen LogP contribution in [0, 0.1) is 0 Å². The van der Waals surface area contributed by atoms with Gasteiger partial charge in [0.05, 0.1) is 21.0 Å². The fraction of sp³-hybridized carbons (Fsp3) is 1.00. The molecule has 11 heteroatoms. The van der Waals surface area contributed by atoms with Crippen molar-refractivity contribution in [3.63, 3.8) is 0 Å². The fourth-order valence-electron chi connectivity index (χ4n) is 0.505.